The van der Waals surface area contributed by atoms with Gasteiger partial charge in [-0.2, -0.15) is 0 Å². The summed E-state index contributed by atoms with van der Waals surface area (Å²) in [5.74, 6) is 0.0582. The van der Waals surface area contributed by atoms with Crippen molar-refractivity contribution in [3.05, 3.63) is 35.4 Å². The van der Waals surface area contributed by atoms with Crippen molar-refractivity contribution in [1.82, 2.24) is 5.32 Å². The summed E-state index contributed by atoms with van der Waals surface area (Å²) >= 11 is 0. The molecule has 0 saturated carbocycles. The molecule has 0 unspecified atom stereocenters. The predicted molar refractivity (Wildman–Crippen MR) is 79.1 cm³/mol. The van der Waals surface area contributed by atoms with E-state index in [9.17, 15) is 13.2 Å². The molecule has 0 aliphatic heterocycles. The standard InChI is InChI=1S/C16H22F3NO/c1-11(2)14(10-20-12(3)4)9-13-7-5-6-8-15(13)21-16(17,18)19/h5-9,11-12,20H,10H2,1-4H3. The molecule has 0 radical (unpaired) electrons. The van der Waals surface area contributed by atoms with E-state index in [0.717, 1.165) is 5.57 Å². The number of rotatable bonds is 6. The van der Waals surface area contributed by atoms with Crippen molar-refractivity contribution < 1.29 is 17.9 Å². The molecular weight excluding hydrogens is 279 g/mol. The van der Waals surface area contributed by atoms with Gasteiger partial charge in [0.1, 0.15) is 5.75 Å². The van der Waals surface area contributed by atoms with E-state index in [1.165, 1.54) is 12.1 Å². The Labute approximate surface area is 124 Å². The molecule has 0 atom stereocenters. The summed E-state index contributed by atoms with van der Waals surface area (Å²) in [7, 11) is 0. The van der Waals surface area contributed by atoms with Gasteiger partial charge < -0.3 is 10.1 Å². The minimum Gasteiger partial charge on any atom is -0.405 e. The van der Waals surface area contributed by atoms with Gasteiger partial charge in [-0.3, -0.25) is 0 Å². The molecule has 1 aromatic carbocycles. The van der Waals surface area contributed by atoms with Crippen molar-refractivity contribution in [3.63, 3.8) is 0 Å². The van der Waals surface area contributed by atoms with Gasteiger partial charge in [-0.05, 0) is 12.0 Å². The highest BCUT2D eigenvalue weighted by atomic mass is 19.4. The van der Waals surface area contributed by atoms with Crippen LogP contribution in [0.4, 0.5) is 13.2 Å². The predicted octanol–water partition coefficient (Wildman–Crippen LogP) is 4.62. The Hall–Kier alpha value is -1.49. The Morgan fingerprint density at radius 3 is 2.33 bits per heavy atom. The summed E-state index contributed by atoms with van der Waals surface area (Å²) in [6.45, 7) is 8.72. The first-order valence-electron chi connectivity index (χ1n) is 6.97. The van der Waals surface area contributed by atoms with Crippen LogP contribution in [0.5, 0.6) is 5.75 Å². The van der Waals surface area contributed by atoms with Crippen molar-refractivity contribution >= 4 is 6.08 Å². The van der Waals surface area contributed by atoms with Crippen molar-refractivity contribution in [2.75, 3.05) is 6.54 Å². The monoisotopic (exact) mass is 301 g/mol. The summed E-state index contributed by atoms with van der Waals surface area (Å²) in [5.41, 5.74) is 1.46. The molecule has 0 spiro atoms. The number of hydrogen-bond acceptors (Lipinski definition) is 2. The third-order valence-corrected chi connectivity index (χ3v) is 2.94. The third-order valence-electron chi connectivity index (χ3n) is 2.94. The van der Waals surface area contributed by atoms with E-state index in [1.54, 1.807) is 18.2 Å². The number of halogens is 3. The van der Waals surface area contributed by atoms with Crippen LogP contribution in [0.2, 0.25) is 0 Å². The van der Waals surface area contributed by atoms with Gasteiger partial charge in [0.25, 0.3) is 0 Å². The first-order chi connectivity index (χ1) is 9.69. The normalized spacial score (nSPS) is 13.1. The number of nitrogens with one attached hydrogen (secondary N) is 1. The first-order valence-corrected chi connectivity index (χ1v) is 6.97. The van der Waals surface area contributed by atoms with Crippen LogP contribution in [0.25, 0.3) is 6.08 Å². The highest BCUT2D eigenvalue weighted by molar-refractivity contribution is 5.60. The highest BCUT2D eigenvalue weighted by Crippen LogP contribution is 2.28. The lowest BCUT2D eigenvalue weighted by Gasteiger charge is -2.16. The van der Waals surface area contributed by atoms with E-state index in [-0.39, 0.29) is 11.7 Å². The summed E-state index contributed by atoms with van der Waals surface area (Å²) < 4.78 is 41.3. The Morgan fingerprint density at radius 2 is 1.81 bits per heavy atom. The molecule has 0 saturated heterocycles. The number of para-hydroxylation sites is 1. The van der Waals surface area contributed by atoms with Crippen LogP contribution in [0.3, 0.4) is 0 Å². The van der Waals surface area contributed by atoms with Crippen LogP contribution >= 0.6 is 0 Å². The molecule has 1 aromatic rings. The molecule has 118 valence electrons. The number of alkyl halides is 3. The Bertz CT molecular complexity index is 479. The average Bonchev–Trinajstić information content (AvgIpc) is 2.33. The number of hydrogen-bond donors (Lipinski definition) is 1. The van der Waals surface area contributed by atoms with Crippen LogP contribution < -0.4 is 10.1 Å². The van der Waals surface area contributed by atoms with Gasteiger partial charge in [-0.1, -0.05) is 57.5 Å². The summed E-state index contributed by atoms with van der Waals surface area (Å²) in [6.07, 6.45) is -2.92. The largest absolute Gasteiger partial charge is 0.573 e. The Morgan fingerprint density at radius 1 is 1.19 bits per heavy atom. The van der Waals surface area contributed by atoms with Crippen molar-refractivity contribution in [2.45, 2.75) is 40.1 Å². The van der Waals surface area contributed by atoms with Crippen LogP contribution in [0.1, 0.15) is 33.3 Å². The van der Waals surface area contributed by atoms with Crippen LogP contribution in [0, 0.1) is 5.92 Å². The van der Waals surface area contributed by atoms with E-state index in [1.807, 2.05) is 27.7 Å². The molecule has 2 nitrogen and oxygen atoms in total. The lowest BCUT2D eigenvalue weighted by Crippen LogP contribution is -2.26. The van der Waals surface area contributed by atoms with E-state index in [4.69, 9.17) is 0 Å². The second-order valence-corrected chi connectivity index (χ2v) is 5.50. The zero-order valence-electron chi connectivity index (χ0n) is 12.8. The smallest absolute Gasteiger partial charge is 0.405 e. The zero-order valence-corrected chi connectivity index (χ0v) is 12.8. The zero-order chi connectivity index (χ0) is 16.0. The van der Waals surface area contributed by atoms with E-state index in [2.05, 4.69) is 10.1 Å². The fourth-order valence-corrected chi connectivity index (χ4v) is 1.76. The summed E-state index contributed by atoms with van der Waals surface area (Å²) in [5, 5.41) is 3.28. The second-order valence-electron chi connectivity index (χ2n) is 5.50. The van der Waals surface area contributed by atoms with Gasteiger partial charge in [0.05, 0.1) is 0 Å². The molecule has 0 aromatic heterocycles. The molecular formula is C16H22F3NO. The minimum absolute atomic E-state index is 0.173. The Balaban J connectivity index is 3.03. The van der Waals surface area contributed by atoms with Gasteiger partial charge in [0, 0.05) is 18.2 Å². The molecule has 0 aliphatic carbocycles. The average molecular weight is 301 g/mol. The molecule has 0 amide bonds. The molecule has 1 rings (SSSR count). The van der Waals surface area contributed by atoms with Crippen molar-refractivity contribution in [1.29, 1.82) is 0 Å². The quantitative estimate of drug-likeness (QED) is 0.827. The fourth-order valence-electron chi connectivity index (χ4n) is 1.76. The molecule has 0 fully saturated rings. The topological polar surface area (TPSA) is 21.3 Å². The van der Waals surface area contributed by atoms with E-state index < -0.39 is 6.36 Å². The second kappa shape index (κ2) is 7.50. The molecule has 0 aliphatic rings. The van der Waals surface area contributed by atoms with E-state index in [0.29, 0.717) is 18.2 Å². The van der Waals surface area contributed by atoms with Gasteiger partial charge in [0.2, 0.25) is 0 Å². The molecule has 0 heterocycles. The number of ether oxygens (including phenoxy) is 1. The van der Waals surface area contributed by atoms with Crippen LogP contribution in [-0.4, -0.2) is 18.9 Å². The molecule has 1 N–H and O–H groups in total. The van der Waals surface area contributed by atoms with Crippen molar-refractivity contribution in [2.24, 2.45) is 5.92 Å². The minimum atomic E-state index is -4.68. The lowest BCUT2D eigenvalue weighted by atomic mass is 9.99. The highest BCUT2D eigenvalue weighted by Gasteiger charge is 2.31. The Kier molecular flexibility index (Phi) is 6.27. The van der Waals surface area contributed by atoms with Gasteiger partial charge in [-0.15, -0.1) is 13.2 Å². The van der Waals surface area contributed by atoms with Crippen LogP contribution in [-0.2, 0) is 0 Å². The van der Waals surface area contributed by atoms with Gasteiger partial charge >= 0.3 is 6.36 Å². The SMILES string of the molecule is CC(C)NCC(=Cc1ccccc1OC(F)(F)F)C(C)C. The van der Waals surface area contributed by atoms with Crippen LogP contribution in [0.15, 0.2) is 29.8 Å². The maximum atomic E-state index is 12.4. The third kappa shape index (κ3) is 6.67. The number of benzene rings is 1. The van der Waals surface area contributed by atoms with Gasteiger partial charge in [-0.25, -0.2) is 0 Å². The fraction of sp³-hybridized carbons (Fsp3) is 0.500. The molecule has 21 heavy (non-hydrogen) atoms. The molecule has 5 heteroatoms. The maximum Gasteiger partial charge on any atom is 0.573 e. The lowest BCUT2D eigenvalue weighted by molar-refractivity contribution is -0.274. The summed E-state index contributed by atoms with van der Waals surface area (Å²) in [4.78, 5) is 0. The van der Waals surface area contributed by atoms with Gasteiger partial charge in [0.15, 0.2) is 0 Å². The first kappa shape index (κ1) is 17.6. The molecule has 0 bridgehead atoms. The van der Waals surface area contributed by atoms with E-state index >= 15 is 0 Å². The maximum absolute atomic E-state index is 12.4. The summed E-state index contributed by atoms with van der Waals surface area (Å²) in [6, 6.07) is 6.49. The van der Waals surface area contributed by atoms with Crippen molar-refractivity contribution in [3.8, 4) is 5.75 Å².